The molecule has 3 heterocycles. The zero-order valence-electron chi connectivity index (χ0n) is 16.1. The van der Waals surface area contributed by atoms with E-state index in [9.17, 15) is 0 Å². The minimum atomic E-state index is 0.0815. The molecule has 2 atom stereocenters. The first-order chi connectivity index (χ1) is 12.7. The minimum Gasteiger partial charge on any atom is -0.377 e. The highest BCUT2D eigenvalue weighted by Crippen LogP contribution is 2.34. The van der Waals surface area contributed by atoms with E-state index in [4.69, 9.17) is 4.74 Å². The molecule has 26 heavy (non-hydrogen) atoms. The van der Waals surface area contributed by atoms with Gasteiger partial charge in [0.25, 0.3) is 0 Å². The molecule has 5 nitrogen and oxygen atoms in total. The van der Waals surface area contributed by atoms with E-state index in [-0.39, 0.29) is 12.1 Å². The maximum Gasteiger partial charge on any atom is 0.0909 e. The van der Waals surface area contributed by atoms with Gasteiger partial charge < -0.3 is 4.74 Å². The molecule has 1 aliphatic heterocycles. The lowest BCUT2D eigenvalue weighted by atomic mass is 10.0. The monoisotopic (exact) mass is 354 g/mol. The molecule has 1 aliphatic rings. The van der Waals surface area contributed by atoms with E-state index in [0.717, 1.165) is 24.4 Å². The van der Waals surface area contributed by atoms with Crippen molar-refractivity contribution in [1.29, 1.82) is 0 Å². The molecule has 3 rings (SSSR count). The molecule has 5 heteroatoms. The molecule has 0 spiro atoms. The van der Waals surface area contributed by atoms with Crippen LogP contribution in [0, 0.1) is 13.8 Å². The number of unbranched alkanes of at least 4 members (excludes halogenated alkanes) is 2. The van der Waals surface area contributed by atoms with Crippen molar-refractivity contribution in [3.05, 3.63) is 59.2 Å². The fourth-order valence-electron chi connectivity index (χ4n) is 3.59. The Hall–Kier alpha value is -1.82. The van der Waals surface area contributed by atoms with Crippen molar-refractivity contribution in [2.45, 2.75) is 52.1 Å². The minimum absolute atomic E-state index is 0.0815. The summed E-state index contributed by atoms with van der Waals surface area (Å²) in [4.78, 5) is 9.33. The molecule has 0 saturated carbocycles. The third-order valence-corrected chi connectivity index (χ3v) is 5.03. The van der Waals surface area contributed by atoms with Crippen molar-refractivity contribution in [3.63, 3.8) is 0 Å². The number of ether oxygens (including phenoxy) is 1. The Kier molecular flexibility index (Phi) is 6.72. The molecule has 0 aromatic carbocycles. The van der Waals surface area contributed by atoms with Crippen LogP contribution in [0.3, 0.4) is 0 Å². The lowest BCUT2D eigenvalue weighted by Gasteiger charge is -2.42. The largest absolute Gasteiger partial charge is 0.377 e. The van der Waals surface area contributed by atoms with Crippen LogP contribution >= 0.6 is 0 Å². The van der Waals surface area contributed by atoms with E-state index < -0.39 is 0 Å². The quantitative estimate of drug-likeness (QED) is 0.764. The summed E-state index contributed by atoms with van der Waals surface area (Å²) in [5.41, 5.74) is 8.23. The van der Waals surface area contributed by atoms with Gasteiger partial charge in [0.2, 0.25) is 0 Å². The molecule has 0 radical (unpaired) electrons. The number of pyridine rings is 2. The molecule has 2 unspecified atom stereocenters. The van der Waals surface area contributed by atoms with E-state index in [1.54, 1.807) is 0 Å². The summed E-state index contributed by atoms with van der Waals surface area (Å²) in [6.45, 7) is 8.70. The van der Waals surface area contributed by atoms with Crippen LogP contribution in [0.25, 0.3) is 0 Å². The van der Waals surface area contributed by atoms with Gasteiger partial charge in [0, 0.05) is 18.9 Å². The third kappa shape index (κ3) is 4.29. The number of aryl methyl sites for hydroxylation is 2. The van der Waals surface area contributed by atoms with Gasteiger partial charge in [-0.2, -0.15) is 0 Å². The first kappa shape index (κ1) is 19.0. The number of hydrogen-bond acceptors (Lipinski definition) is 5. The molecule has 1 N–H and O–H groups in total. The Bertz CT molecular complexity index is 652. The van der Waals surface area contributed by atoms with Gasteiger partial charge in [0.15, 0.2) is 0 Å². The second-order valence-corrected chi connectivity index (χ2v) is 7.00. The third-order valence-electron chi connectivity index (χ3n) is 5.03. The summed E-state index contributed by atoms with van der Waals surface area (Å²) >= 11 is 0. The van der Waals surface area contributed by atoms with Crippen molar-refractivity contribution >= 4 is 0 Å². The summed E-state index contributed by atoms with van der Waals surface area (Å²) in [5, 5.41) is 2.34. The highest BCUT2D eigenvalue weighted by molar-refractivity contribution is 5.25. The fourth-order valence-corrected chi connectivity index (χ4v) is 3.59. The second kappa shape index (κ2) is 9.21. The Morgan fingerprint density at radius 1 is 1.00 bits per heavy atom. The first-order valence-corrected chi connectivity index (χ1v) is 9.65. The summed E-state index contributed by atoms with van der Waals surface area (Å²) in [5.74, 6) is 0. The molecule has 1 saturated heterocycles. The number of aromatic nitrogens is 2. The lowest BCUT2D eigenvalue weighted by molar-refractivity contribution is -0.0832. The summed E-state index contributed by atoms with van der Waals surface area (Å²) in [6.07, 6.45) is 7.35. The Morgan fingerprint density at radius 2 is 1.58 bits per heavy atom. The molecule has 2 aromatic rings. The average molecular weight is 354 g/mol. The molecular formula is C21H30N4O. The van der Waals surface area contributed by atoms with Crippen LogP contribution < -0.4 is 5.43 Å². The van der Waals surface area contributed by atoms with Crippen molar-refractivity contribution in [2.24, 2.45) is 0 Å². The zero-order valence-corrected chi connectivity index (χ0v) is 16.1. The molecule has 2 aromatic heterocycles. The summed E-state index contributed by atoms with van der Waals surface area (Å²) < 4.78 is 6.01. The van der Waals surface area contributed by atoms with Crippen LogP contribution in [0.15, 0.2) is 36.7 Å². The number of nitrogens with zero attached hydrogens (tertiary/aromatic N) is 3. The average Bonchev–Trinajstić information content (AvgIpc) is 2.66. The number of rotatable bonds is 7. The Labute approximate surface area is 156 Å². The van der Waals surface area contributed by atoms with Gasteiger partial charge in [-0.25, -0.2) is 5.01 Å². The van der Waals surface area contributed by atoms with Gasteiger partial charge in [-0.3, -0.25) is 15.4 Å². The van der Waals surface area contributed by atoms with E-state index in [2.05, 4.69) is 53.3 Å². The van der Waals surface area contributed by atoms with E-state index in [1.807, 2.05) is 24.5 Å². The number of nitrogens with one attached hydrogen (secondary N) is 1. The molecule has 140 valence electrons. The predicted octanol–water partition coefficient (Wildman–Crippen LogP) is 3.90. The second-order valence-electron chi connectivity index (χ2n) is 7.00. The molecule has 1 fully saturated rings. The standard InChI is InChI=1S/C21H30N4O/c1-4-5-6-13-24-25-18(20-16(2)9-7-11-22-20)14-26-15-19(25)21-17(3)10-8-12-23-21/h7-12,18-19,24H,4-6,13-15H2,1-3H3. The molecule has 0 bridgehead atoms. The maximum atomic E-state index is 6.01. The van der Waals surface area contributed by atoms with Gasteiger partial charge in [0.1, 0.15) is 0 Å². The van der Waals surface area contributed by atoms with Crippen molar-refractivity contribution in [3.8, 4) is 0 Å². The van der Waals surface area contributed by atoms with Gasteiger partial charge >= 0.3 is 0 Å². The van der Waals surface area contributed by atoms with Crippen molar-refractivity contribution < 1.29 is 4.74 Å². The zero-order chi connectivity index (χ0) is 18.4. The van der Waals surface area contributed by atoms with E-state index >= 15 is 0 Å². The van der Waals surface area contributed by atoms with Gasteiger partial charge in [-0.05, 0) is 43.5 Å². The van der Waals surface area contributed by atoms with Crippen LogP contribution in [0.2, 0.25) is 0 Å². The van der Waals surface area contributed by atoms with Crippen LogP contribution in [0.5, 0.6) is 0 Å². The van der Waals surface area contributed by atoms with Gasteiger partial charge in [-0.1, -0.05) is 31.9 Å². The molecular weight excluding hydrogens is 324 g/mol. The first-order valence-electron chi connectivity index (χ1n) is 9.65. The normalized spacial score (nSPS) is 21.0. The SMILES string of the molecule is CCCCCNN1C(c2ncccc2C)COCC1c1ncccc1C. The molecule has 0 aliphatic carbocycles. The summed E-state index contributed by atoms with van der Waals surface area (Å²) in [7, 11) is 0. The van der Waals surface area contributed by atoms with Gasteiger partial charge in [-0.15, -0.1) is 0 Å². The number of hydrogen-bond donors (Lipinski definition) is 1. The highest BCUT2D eigenvalue weighted by Gasteiger charge is 2.36. The van der Waals surface area contributed by atoms with Crippen LogP contribution in [-0.4, -0.2) is 34.7 Å². The van der Waals surface area contributed by atoms with Gasteiger partial charge in [0.05, 0.1) is 36.7 Å². The molecule has 0 amide bonds. The van der Waals surface area contributed by atoms with Crippen molar-refractivity contribution in [1.82, 2.24) is 20.4 Å². The van der Waals surface area contributed by atoms with E-state index in [1.165, 1.54) is 24.0 Å². The smallest absolute Gasteiger partial charge is 0.0909 e. The van der Waals surface area contributed by atoms with Crippen LogP contribution in [0.4, 0.5) is 0 Å². The van der Waals surface area contributed by atoms with Crippen LogP contribution in [0.1, 0.15) is 60.8 Å². The number of hydrazine groups is 1. The van der Waals surface area contributed by atoms with E-state index in [0.29, 0.717) is 13.2 Å². The number of morpholine rings is 1. The fraction of sp³-hybridized carbons (Fsp3) is 0.524. The Balaban J connectivity index is 1.90. The lowest BCUT2D eigenvalue weighted by Crippen LogP contribution is -2.51. The predicted molar refractivity (Wildman–Crippen MR) is 104 cm³/mol. The topological polar surface area (TPSA) is 50.3 Å². The summed E-state index contributed by atoms with van der Waals surface area (Å²) in [6, 6.07) is 8.38. The maximum absolute atomic E-state index is 6.01. The van der Waals surface area contributed by atoms with Crippen LogP contribution in [-0.2, 0) is 4.74 Å². The highest BCUT2D eigenvalue weighted by atomic mass is 16.5. The Morgan fingerprint density at radius 3 is 2.08 bits per heavy atom. The van der Waals surface area contributed by atoms with Crippen molar-refractivity contribution in [2.75, 3.05) is 19.8 Å².